The Morgan fingerprint density at radius 3 is 2.16 bits per heavy atom. The van der Waals surface area contributed by atoms with Crippen LogP contribution in [0.15, 0.2) is 41.3 Å². The highest BCUT2D eigenvalue weighted by molar-refractivity contribution is 7.89. The Bertz CT molecular complexity index is 853. The second kappa shape index (κ2) is 6.94. The second-order valence-electron chi connectivity index (χ2n) is 6.26. The van der Waals surface area contributed by atoms with Crippen LogP contribution in [-0.4, -0.2) is 38.9 Å². The highest BCUT2D eigenvalue weighted by Crippen LogP contribution is 2.32. The van der Waals surface area contributed by atoms with Crippen molar-refractivity contribution >= 4 is 27.3 Å². The van der Waals surface area contributed by atoms with Crippen LogP contribution in [-0.2, 0) is 10.0 Å². The van der Waals surface area contributed by atoms with Gasteiger partial charge in [-0.2, -0.15) is 4.31 Å². The van der Waals surface area contributed by atoms with E-state index in [1.54, 1.807) is 0 Å². The van der Waals surface area contributed by atoms with Gasteiger partial charge in [0, 0.05) is 26.2 Å². The van der Waals surface area contributed by atoms with Crippen molar-refractivity contribution in [2.45, 2.75) is 18.7 Å². The van der Waals surface area contributed by atoms with Crippen LogP contribution in [0.2, 0.25) is 5.02 Å². The number of piperazine rings is 1. The number of anilines is 1. The van der Waals surface area contributed by atoms with E-state index in [1.807, 2.05) is 19.9 Å². The molecule has 0 unspecified atom stereocenters. The summed E-state index contributed by atoms with van der Waals surface area (Å²) in [5, 5.41) is 0.687. The molecule has 0 aromatic heterocycles. The molecule has 0 amide bonds. The van der Waals surface area contributed by atoms with E-state index in [1.165, 1.54) is 28.6 Å². The number of nitrogens with zero attached hydrogens (tertiary/aromatic N) is 2. The first-order valence-electron chi connectivity index (χ1n) is 8.06. The first kappa shape index (κ1) is 18.2. The summed E-state index contributed by atoms with van der Waals surface area (Å²) < 4.78 is 39.8. The van der Waals surface area contributed by atoms with Gasteiger partial charge in [-0.15, -0.1) is 0 Å². The summed E-state index contributed by atoms with van der Waals surface area (Å²) in [6.07, 6.45) is 0. The lowest BCUT2D eigenvalue weighted by Gasteiger charge is -2.36. The van der Waals surface area contributed by atoms with Crippen LogP contribution < -0.4 is 4.90 Å². The van der Waals surface area contributed by atoms with Gasteiger partial charge in [0.1, 0.15) is 5.82 Å². The maximum absolute atomic E-state index is 13.0. The maximum atomic E-state index is 13.0. The molecule has 2 aromatic carbocycles. The van der Waals surface area contributed by atoms with Crippen LogP contribution in [0.1, 0.15) is 11.1 Å². The molecule has 1 saturated heterocycles. The summed E-state index contributed by atoms with van der Waals surface area (Å²) in [6.45, 7) is 5.85. The molecule has 3 rings (SSSR count). The molecule has 134 valence electrons. The average molecular weight is 383 g/mol. The fourth-order valence-corrected chi connectivity index (χ4v) is 5.08. The SMILES string of the molecule is Cc1cc(C)c(N2CCN(S(=O)(=O)c3ccc(F)cc3)CC2)c(Cl)c1. The summed E-state index contributed by atoms with van der Waals surface area (Å²) in [5.41, 5.74) is 3.15. The quantitative estimate of drug-likeness (QED) is 0.814. The molecule has 0 atom stereocenters. The Balaban J connectivity index is 1.77. The topological polar surface area (TPSA) is 40.6 Å². The zero-order valence-electron chi connectivity index (χ0n) is 14.2. The third kappa shape index (κ3) is 3.66. The molecular weight excluding hydrogens is 363 g/mol. The molecule has 1 fully saturated rings. The Hall–Kier alpha value is -1.63. The number of hydrogen-bond acceptors (Lipinski definition) is 3. The number of sulfonamides is 1. The first-order chi connectivity index (χ1) is 11.8. The van der Waals surface area contributed by atoms with Crippen LogP contribution in [0.4, 0.5) is 10.1 Å². The molecule has 25 heavy (non-hydrogen) atoms. The van der Waals surface area contributed by atoms with Gasteiger partial charge in [0.25, 0.3) is 0 Å². The minimum atomic E-state index is -3.60. The molecule has 4 nitrogen and oxygen atoms in total. The Morgan fingerprint density at radius 2 is 1.60 bits per heavy atom. The molecule has 1 aliphatic heterocycles. The summed E-state index contributed by atoms with van der Waals surface area (Å²) in [5.74, 6) is -0.451. The van der Waals surface area contributed by atoms with Gasteiger partial charge >= 0.3 is 0 Å². The zero-order chi connectivity index (χ0) is 18.2. The smallest absolute Gasteiger partial charge is 0.243 e. The normalized spacial score (nSPS) is 16.2. The van der Waals surface area contributed by atoms with Gasteiger partial charge in [-0.1, -0.05) is 17.7 Å². The molecule has 7 heteroatoms. The van der Waals surface area contributed by atoms with Crippen LogP contribution in [0, 0.1) is 19.7 Å². The molecule has 0 aliphatic carbocycles. The van der Waals surface area contributed by atoms with Crippen molar-refractivity contribution < 1.29 is 12.8 Å². The van der Waals surface area contributed by atoms with E-state index in [4.69, 9.17) is 11.6 Å². The second-order valence-corrected chi connectivity index (χ2v) is 8.60. The van der Waals surface area contributed by atoms with Crippen molar-refractivity contribution in [3.05, 3.63) is 58.4 Å². The van der Waals surface area contributed by atoms with Gasteiger partial charge in [-0.25, -0.2) is 12.8 Å². The molecule has 2 aromatic rings. The summed E-state index contributed by atoms with van der Waals surface area (Å²) in [4.78, 5) is 2.24. The lowest BCUT2D eigenvalue weighted by molar-refractivity contribution is 0.384. The van der Waals surface area contributed by atoms with Gasteiger partial charge in [0.2, 0.25) is 10.0 Å². The molecule has 0 saturated carbocycles. The molecule has 0 bridgehead atoms. The van der Waals surface area contributed by atoms with Crippen molar-refractivity contribution in [2.24, 2.45) is 0 Å². The van der Waals surface area contributed by atoms with Crippen molar-refractivity contribution in [1.82, 2.24) is 4.31 Å². The summed E-state index contributed by atoms with van der Waals surface area (Å²) in [6, 6.07) is 8.93. The minimum absolute atomic E-state index is 0.117. The lowest BCUT2D eigenvalue weighted by atomic mass is 10.1. The summed E-state index contributed by atoms with van der Waals surface area (Å²) >= 11 is 6.40. The number of rotatable bonds is 3. The minimum Gasteiger partial charge on any atom is -0.367 e. The fourth-order valence-electron chi connectivity index (χ4n) is 3.22. The molecule has 0 radical (unpaired) electrons. The standard InChI is InChI=1S/C18H20ClFN2O2S/c1-13-11-14(2)18(17(19)12-13)21-7-9-22(10-8-21)25(23,24)16-5-3-15(20)4-6-16/h3-6,11-12H,7-10H2,1-2H3. The Morgan fingerprint density at radius 1 is 1.00 bits per heavy atom. The van der Waals surface area contributed by atoms with Crippen molar-refractivity contribution in [1.29, 1.82) is 0 Å². The molecule has 0 spiro atoms. The van der Waals surface area contributed by atoms with Gasteiger partial charge < -0.3 is 4.90 Å². The van der Waals surface area contributed by atoms with E-state index in [-0.39, 0.29) is 4.90 Å². The van der Waals surface area contributed by atoms with E-state index < -0.39 is 15.8 Å². The highest BCUT2D eigenvalue weighted by atomic mass is 35.5. The first-order valence-corrected chi connectivity index (χ1v) is 9.88. The van der Waals surface area contributed by atoms with E-state index >= 15 is 0 Å². The van der Waals surface area contributed by atoms with Crippen molar-refractivity contribution in [3.63, 3.8) is 0 Å². The predicted molar refractivity (Wildman–Crippen MR) is 98.3 cm³/mol. The monoisotopic (exact) mass is 382 g/mol. The van der Waals surface area contributed by atoms with Gasteiger partial charge in [-0.05, 0) is 55.3 Å². The van der Waals surface area contributed by atoms with E-state index in [0.717, 1.165) is 16.8 Å². The van der Waals surface area contributed by atoms with Crippen LogP contribution in [0.3, 0.4) is 0 Å². The van der Waals surface area contributed by atoms with E-state index in [0.29, 0.717) is 31.2 Å². The van der Waals surface area contributed by atoms with E-state index in [9.17, 15) is 12.8 Å². The van der Waals surface area contributed by atoms with Crippen LogP contribution in [0.5, 0.6) is 0 Å². The number of hydrogen-bond donors (Lipinski definition) is 0. The summed E-state index contributed by atoms with van der Waals surface area (Å²) in [7, 11) is -3.60. The highest BCUT2D eigenvalue weighted by Gasteiger charge is 2.29. The third-order valence-corrected chi connectivity index (χ3v) is 6.61. The fraction of sp³-hybridized carbons (Fsp3) is 0.333. The average Bonchev–Trinajstić information content (AvgIpc) is 2.55. The molecule has 1 aliphatic rings. The van der Waals surface area contributed by atoms with Crippen molar-refractivity contribution in [3.8, 4) is 0 Å². The largest absolute Gasteiger partial charge is 0.367 e. The predicted octanol–water partition coefficient (Wildman–Crippen LogP) is 3.61. The number of halogens is 2. The Kier molecular flexibility index (Phi) is 5.04. The van der Waals surface area contributed by atoms with Crippen LogP contribution >= 0.6 is 11.6 Å². The van der Waals surface area contributed by atoms with Gasteiger partial charge in [0.05, 0.1) is 15.6 Å². The maximum Gasteiger partial charge on any atom is 0.243 e. The lowest BCUT2D eigenvalue weighted by Crippen LogP contribution is -2.49. The molecular formula is C18H20ClFN2O2S. The van der Waals surface area contributed by atoms with Gasteiger partial charge in [0.15, 0.2) is 0 Å². The van der Waals surface area contributed by atoms with E-state index in [2.05, 4.69) is 11.0 Å². The molecule has 1 heterocycles. The Labute approximate surface area is 152 Å². The van der Waals surface area contributed by atoms with Crippen LogP contribution in [0.25, 0.3) is 0 Å². The van der Waals surface area contributed by atoms with Crippen molar-refractivity contribution in [2.75, 3.05) is 31.1 Å². The number of aryl methyl sites for hydroxylation is 2. The number of benzene rings is 2. The molecule has 0 N–H and O–H groups in total. The van der Waals surface area contributed by atoms with Gasteiger partial charge in [-0.3, -0.25) is 0 Å². The zero-order valence-corrected chi connectivity index (χ0v) is 15.7. The third-order valence-electron chi connectivity index (χ3n) is 4.40.